The predicted molar refractivity (Wildman–Crippen MR) is 102 cm³/mol. The van der Waals surface area contributed by atoms with E-state index in [1.807, 2.05) is 12.5 Å². The van der Waals surface area contributed by atoms with Gasteiger partial charge >= 0.3 is 11.9 Å². The minimum absolute atomic E-state index is 0.0521. The number of rotatable bonds is 14. The molecule has 0 bridgehead atoms. The fourth-order valence-electron chi connectivity index (χ4n) is 1.96. The number of carbonyl (C=O) groups is 4. The highest BCUT2D eigenvalue weighted by Crippen LogP contribution is 2.06. The maximum Gasteiger partial charge on any atom is 0.326 e. The fraction of sp³-hybridized carbons (Fsp3) is 0.733. The molecule has 0 aromatic rings. The van der Waals surface area contributed by atoms with Crippen molar-refractivity contribution in [2.24, 2.45) is 5.73 Å². The minimum atomic E-state index is -1.14. The first kappa shape index (κ1) is 24.5. The average molecular weight is 410 g/mol. The molecule has 0 aromatic heterocycles. The van der Waals surface area contributed by atoms with E-state index >= 15 is 0 Å². The molecular formula is C15H27N3O6S2. The Labute approximate surface area is 161 Å². The van der Waals surface area contributed by atoms with Gasteiger partial charge in [0, 0.05) is 6.42 Å². The topological polar surface area (TPSA) is 159 Å². The Kier molecular flexibility index (Phi) is 12.9. The normalized spacial score (nSPS) is 14.1. The van der Waals surface area contributed by atoms with Gasteiger partial charge in [-0.15, -0.1) is 0 Å². The summed E-state index contributed by atoms with van der Waals surface area (Å²) in [4.78, 5) is 46.3. The van der Waals surface area contributed by atoms with Crippen molar-refractivity contribution in [2.75, 3.05) is 24.0 Å². The number of carboxylic acid groups (broad SMARTS) is 2. The number of hydrogen-bond donors (Lipinski definition) is 5. The lowest BCUT2D eigenvalue weighted by molar-refractivity contribution is -0.142. The van der Waals surface area contributed by atoms with E-state index in [4.69, 9.17) is 10.8 Å². The van der Waals surface area contributed by atoms with Crippen LogP contribution in [0.1, 0.15) is 25.7 Å². The molecule has 0 fully saturated rings. The van der Waals surface area contributed by atoms with Crippen molar-refractivity contribution in [3.63, 3.8) is 0 Å². The maximum absolute atomic E-state index is 12.4. The lowest BCUT2D eigenvalue weighted by atomic mass is 10.1. The first-order valence-corrected chi connectivity index (χ1v) is 10.8. The van der Waals surface area contributed by atoms with Gasteiger partial charge in [0.15, 0.2) is 0 Å². The van der Waals surface area contributed by atoms with Gasteiger partial charge in [0.05, 0.1) is 6.04 Å². The van der Waals surface area contributed by atoms with Crippen molar-refractivity contribution in [3.05, 3.63) is 0 Å². The molecule has 0 aliphatic rings. The van der Waals surface area contributed by atoms with Gasteiger partial charge in [-0.2, -0.15) is 23.5 Å². The fourth-order valence-corrected chi connectivity index (χ4v) is 2.90. The molecular weight excluding hydrogens is 382 g/mol. The molecule has 0 aromatic carbocycles. The van der Waals surface area contributed by atoms with Crippen LogP contribution in [0.4, 0.5) is 0 Å². The number of thioether (sulfide) groups is 2. The van der Waals surface area contributed by atoms with Crippen LogP contribution in [-0.4, -0.2) is 76.1 Å². The number of aliphatic carboxylic acids is 2. The van der Waals surface area contributed by atoms with Crippen LogP contribution in [0.3, 0.4) is 0 Å². The van der Waals surface area contributed by atoms with Crippen LogP contribution in [0.15, 0.2) is 0 Å². The average Bonchev–Trinajstić information content (AvgIpc) is 2.59. The van der Waals surface area contributed by atoms with E-state index in [0.29, 0.717) is 17.9 Å². The second kappa shape index (κ2) is 13.7. The Morgan fingerprint density at radius 3 is 1.85 bits per heavy atom. The summed E-state index contributed by atoms with van der Waals surface area (Å²) in [5, 5.41) is 22.8. The molecule has 0 spiro atoms. The SMILES string of the molecule is CSCC[C@H](NC(=O)[C@H](CCSC)NC(=O)[C@@H](N)CCC(=O)O)C(=O)O. The van der Waals surface area contributed by atoms with Crippen molar-refractivity contribution >= 4 is 47.3 Å². The molecule has 0 heterocycles. The molecule has 0 aliphatic carbocycles. The molecule has 0 saturated carbocycles. The van der Waals surface area contributed by atoms with Crippen LogP contribution < -0.4 is 16.4 Å². The van der Waals surface area contributed by atoms with E-state index < -0.39 is 41.9 Å². The molecule has 0 rings (SSSR count). The molecule has 26 heavy (non-hydrogen) atoms. The zero-order valence-electron chi connectivity index (χ0n) is 14.9. The summed E-state index contributed by atoms with van der Waals surface area (Å²) in [7, 11) is 0. The van der Waals surface area contributed by atoms with E-state index in [0.717, 1.165) is 0 Å². The molecule has 0 unspecified atom stereocenters. The van der Waals surface area contributed by atoms with Crippen molar-refractivity contribution in [3.8, 4) is 0 Å². The van der Waals surface area contributed by atoms with Gasteiger partial charge in [0.2, 0.25) is 11.8 Å². The van der Waals surface area contributed by atoms with Crippen molar-refractivity contribution in [2.45, 2.75) is 43.8 Å². The molecule has 2 amide bonds. The van der Waals surface area contributed by atoms with Crippen LogP contribution in [0, 0.1) is 0 Å². The van der Waals surface area contributed by atoms with Gasteiger partial charge in [-0.1, -0.05) is 0 Å². The van der Waals surface area contributed by atoms with E-state index in [9.17, 15) is 24.3 Å². The molecule has 11 heteroatoms. The maximum atomic E-state index is 12.4. The summed E-state index contributed by atoms with van der Waals surface area (Å²) in [5.41, 5.74) is 5.65. The Morgan fingerprint density at radius 2 is 1.38 bits per heavy atom. The first-order valence-electron chi connectivity index (χ1n) is 8.01. The number of carbonyl (C=O) groups excluding carboxylic acids is 2. The number of hydrogen-bond acceptors (Lipinski definition) is 7. The smallest absolute Gasteiger partial charge is 0.326 e. The second-order valence-electron chi connectivity index (χ2n) is 5.56. The first-order chi connectivity index (χ1) is 12.2. The summed E-state index contributed by atoms with van der Waals surface area (Å²) in [5.74, 6) is -2.29. The van der Waals surface area contributed by atoms with Gasteiger partial charge in [0.25, 0.3) is 0 Å². The molecule has 9 nitrogen and oxygen atoms in total. The molecule has 150 valence electrons. The summed E-state index contributed by atoms with van der Waals surface area (Å²) in [6.45, 7) is 0. The van der Waals surface area contributed by atoms with Crippen LogP contribution in [-0.2, 0) is 19.2 Å². The summed E-state index contributed by atoms with van der Waals surface area (Å²) < 4.78 is 0. The third-order valence-corrected chi connectivity index (χ3v) is 4.76. The number of amides is 2. The molecule has 0 saturated heterocycles. The van der Waals surface area contributed by atoms with E-state index in [-0.39, 0.29) is 19.3 Å². The van der Waals surface area contributed by atoms with Gasteiger partial charge < -0.3 is 26.6 Å². The van der Waals surface area contributed by atoms with Gasteiger partial charge in [-0.3, -0.25) is 14.4 Å². The van der Waals surface area contributed by atoms with E-state index in [2.05, 4.69) is 10.6 Å². The number of nitrogens with one attached hydrogen (secondary N) is 2. The van der Waals surface area contributed by atoms with Crippen LogP contribution >= 0.6 is 23.5 Å². The molecule has 3 atom stereocenters. The van der Waals surface area contributed by atoms with Gasteiger partial charge in [-0.05, 0) is 43.3 Å². The zero-order valence-corrected chi connectivity index (χ0v) is 16.5. The second-order valence-corrected chi connectivity index (χ2v) is 7.53. The molecule has 0 radical (unpaired) electrons. The third-order valence-electron chi connectivity index (χ3n) is 3.47. The largest absolute Gasteiger partial charge is 0.481 e. The zero-order chi connectivity index (χ0) is 20.1. The third kappa shape index (κ3) is 10.5. The Morgan fingerprint density at radius 1 is 0.885 bits per heavy atom. The lowest BCUT2D eigenvalue weighted by Gasteiger charge is -2.22. The van der Waals surface area contributed by atoms with Crippen LogP contribution in [0.25, 0.3) is 0 Å². The Hall–Kier alpha value is -1.46. The van der Waals surface area contributed by atoms with Crippen LogP contribution in [0.2, 0.25) is 0 Å². The molecule has 0 aliphatic heterocycles. The van der Waals surface area contributed by atoms with E-state index in [1.165, 1.54) is 23.5 Å². The van der Waals surface area contributed by atoms with Crippen LogP contribution in [0.5, 0.6) is 0 Å². The monoisotopic (exact) mass is 409 g/mol. The summed E-state index contributed by atoms with van der Waals surface area (Å²) in [6.07, 6.45) is 3.94. The van der Waals surface area contributed by atoms with Gasteiger partial charge in [-0.25, -0.2) is 4.79 Å². The number of carboxylic acids is 2. The van der Waals surface area contributed by atoms with Crippen molar-refractivity contribution < 1.29 is 29.4 Å². The minimum Gasteiger partial charge on any atom is -0.481 e. The predicted octanol–water partition coefficient (Wildman–Crippen LogP) is -0.261. The highest BCUT2D eigenvalue weighted by molar-refractivity contribution is 7.98. The standard InChI is InChI=1S/C15H27N3O6S2/c1-25-7-5-10(17-13(21)9(16)3-4-12(19)20)14(22)18-11(15(23)24)6-8-26-2/h9-11H,3-8,16H2,1-2H3,(H,17,21)(H,18,22)(H,19,20)(H,23,24)/t9-,10-,11-/m0/s1. The Balaban J connectivity index is 4.87. The number of nitrogens with two attached hydrogens (primary N) is 1. The molecule has 6 N–H and O–H groups in total. The summed E-state index contributed by atoms with van der Waals surface area (Å²) >= 11 is 2.94. The van der Waals surface area contributed by atoms with Crippen molar-refractivity contribution in [1.29, 1.82) is 0 Å². The van der Waals surface area contributed by atoms with Crippen molar-refractivity contribution in [1.82, 2.24) is 10.6 Å². The lowest BCUT2D eigenvalue weighted by Crippen LogP contribution is -2.54. The quantitative estimate of drug-likeness (QED) is 0.260. The summed E-state index contributed by atoms with van der Waals surface area (Å²) in [6, 6.07) is -3.02. The van der Waals surface area contributed by atoms with E-state index in [1.54, 1.807) is 0 Å². The highest BCUT2D eigenvalue weighted by atomic mass is 32.2. The highest BCUT2D eigenvalue weighted by Gasteiger charge is 2.27. The van der Waals surface area contributed by atoms with Gasteiger partial charge in [0.1, 0.15) is 12.1 Å². The Bertz CT molecular complexity index is 492.